The number of carbonyl (C=O) groups is 1. The summed E-state index contributed by atoms with van der Waals surface area (Å²) in [6.45, 7) is 2.78. The number of nitrogens with one attached hydrogen (secondary N) is 1. The summed E-state index contributed by atoms with van der Waals surface area (Å²) in [4.78, 5) is 22.5. The normalized spacial score (nSPS) is 18.3. The molecule has 1 aliphatic rings. The average Bonchev–Trinajstić information content (AvgIpc) is 3.15. The molecule has 0 aromatic carbocycles. The molecule has 1 atom stereocenters. The van der Waals surface area contributed by atoms with E-state index in [-0.39, 0.29) is 16.7 Å². The van der Waals surface area contributed by atoms with E-state index < -0.39 is 9.84 Å². The molecule has 122 valence electrons. The van der Waals surface area contributed by atoms with Crippen LogP contribution < -0.4 is 0 Å². The van der Waals surface area contributed by atoms with Crippen LogP contribution in [0.5, 0.6) is 0 Å². The Morgan fingerprint density at radius 2 is 2.09 bits per heavy atom. The van der Waals surface area contributed by atoms with Crippen LogP contribution in [0.15, 0.2) is 23.5 Å². The predicted molar refractivity (Wildman–Crippen MR) is 81.7 cm³/mol. The number of hydrogen-bond acceptors (Lipinski definition) is 6. The Kier molecular flexibility index (Phi) is 3.88. The number of aryl methyl sites for hydroxylation is 1. The van der Waals surface area contributed by atoms with Crippen molar-refractivity contribution in [3.8, 4) is 0 Å². The second-order valence-electron chi connectivity index (χ2n) is 5.70. The van der Waals surface area contributed by atoms with Crippen LogP contribution in [0.3, 0.4) is 0 Å². The zero-order valence-electron chi connectivity index (χ0n) is 12.9. The van der Waals surface area contributed by atoms with Gasteiger partial charge in [0.05, 0.1) is 23.8 Å². The van der Waals surface area contributed by atoms with Crippen LogP contribution in [0.25, 0.3) is 0 Å². The van der Waals surface area contributed by atoms with Gasteiger partial charge in [-0.2, -0.15) is 5.10 Å². The van der Waals surface area contributed by atoms with Crippen molar-refractivity contribution in [3.05, 3.63) is 35.7 Å². The first-order valence-electron chi connectivity index (χ1n) is 7.17. The zero-order valence-corrected chi connectivity index (χ0v) is 13.7. The molecular weight excluding hydrogens is 318 g/mol. The number of sulfone groups is 1. The first-order chi connectivity index (χ1) is 10.9. The fourth-order valence-corrected chi connectivity index (χ4v) is 3.57. The largest absolute Gasteiger partial charge is 0.337 e. The van der Waals surface area contributed by atoms with E-state index in [0.717, 1.165) is 11.9 Å². The summed E-state index contributed by atoms with van der Waals surface area (Å²) in [5, 5.41) is 6.61. The average molecular weight is 335 g/mol. The van der Waals surface area contributed by atoms with Gasteiger partial charge in [-0.3, -0.25) is 14.9 Å². The van der Waals surface area contributed by atoms with Crippen LogP contribution in [-0.4, -0.2) is 58.7 Å². The van der Waals surface area contributed by atoms with E-state index in [1.165, 1.54) is 12.4 Å². The molecule has 3 heterocycles. The van der Waals surface area contributed by atoms with Gasteiger partial charge < -0.3 is 4.90 Å². The molecule has 0 aliphatic carbocycles. The summed E-state index contributed by atoms with van der Waals surface area (Å²) in [5.41, 5.74) is 1.61. The standard InChI is InChI=1S/C14H17N5O3S/c1-9-5-16-11(6-15-9)14(20)19-4-3-10(8-19)13-12(7-17-18-13)23(2,21)22/h5-7,10H,3-4,8H2,1-2H3,(H,17,18). The SMILES string of the molecule is Cc1cnc(C(=O)N2CCC(c3[nH]ncc3S(C)(=O)=O)C2)cn1. The maximum Gasteiger partial charge on any atom is 0.274 e. The van der Waals surface area contributed by atoms with Gasteiger partial charge in [-0.15, -0.1) is 0 Å². The molecule has 1 amide bonds. The topological polar surface area (TPSA) is 109 Å². The molecule has 0 saturated carbocycles. The highest BCUT2D eigenvalue weighted by Gasteiger charge is 2.32. The van der Waals surface area contributed by atoms with Crippen LogP contribution >= 0.6 is 0 Å². The second kappa shape index (κ2) is 5.73. The number of nitrogens with zero attached hydrogens (tertiary/aromatic N) is 4. The first-order valence-corrected chi connectivity index (χ1v) is 9.06. The van der Waals surface area contributed by atoms with E-state index in [1.54, 1.807) is 18.0 Å². The molecule has 9 heteroatoms. The number of likely N-dealkylation sites (tertiary alicyclic amines) is 1. The second-order valence-corrected chi connectivity index (χ2v) is 7.68. The molecule has 1 unspecified atom stereocenters. The maximum absolute atomic E-state index is 12.4. The Hall–Kier alpha value is -2.29. The molecule has 0 bridgehead atoms. The van der Waals surface area contributed by atoms with Crippen LogP contribution in [0.2, 0.25) is 0 Å². The Labute approximate surface area is 133 Å². The van der Waals surface area contributed by atoms with Gasteiger partial charge in [-0.1, -0.05) is 0 Å². The minimum absolute atomic E-state index is 0.0791. The van der Waals surface area contributed by atoms with Gasteiger partial charge in [0.1, 0.15) is 10.6 Å². The maximum atomic E-state index is 12.4. The van der Waals surface area contributed by atoms with Crippen LogP contribution in [0, 0.1) is 6.92 Å². The highest BCUT2D eigenvalue weighted by Crippen LogP contribution is 2.30. The number of hydrogen-bond donors (Lipinski definition) is 1. The molecule has 3 rings (SSSR count). The molecule has 1 saturated heterocycles. The highest BCUT2D eigenvalue weighted by molar-refractivity contribution is 7.90. The van der Waals surface area contributed by atoms with Crippen molar-refractivity contribution in [1.82, 2.24) is 25.1 Å². The van der Waals surface area contributed by atoms with E-state index in [2.05, 4.69) is 20.2 Å². The number of aromatic amines is 1. The smallest absolute Gasteiger partial charge is 0.274 e. The Morgan fingerprint density at radius 3 is 2.74 bits per heavy atom. The van der Waals surface area contributed by atoms with E-state index in [4.69, 9.17) is 0 Å². The number of rotatable bonds is 3. The third kappa shape index (κ3) is 3.09. The van der Waals surface area contributed by atoms with Crippen molar-refractivity contribution >= 4 is 15.7 Å². The minimum Gasteiger partial charge on any atom is -0.337 e. The van der Waals surface area contributed by atoms with E-state index in [9.17, 15) is 13.2 Å². The molecular formula is C14H17N5O3S. The lowest BCUT2D eigenvalue weighted by atomic mass is 10.1. The van der Waals surface area contributed by atoms with E-state index in [1.807, 2.05) is 0 Å². The molecule has 1 fully saturated rings. The summed E-state index contributed by atoms with van der Waals surface area (Å²) < 4.78 is 23.6. The number of aromatic nitrogens is 4. The van der Waals surface area contributed by atoms with Crippen molar-refractivity contribution in [1.29, 1.82) is 0 Å². The van der Waals surface area contributed by atoms with E-state index >= 15 is 0 Å². The molecule has 23 heavy (non-hydrogen) atoms. The summed E-state index contributed by atoms with van der Waals surface area (Å²) in [7, 11) is -3.34. The fourth-order valence-electron chi connectivity index (χ4n) is 2.72. The number of amides is 1. The van der Waals surface area contributed by atoms with Crippen molar-refractivity contribution in [2.24, 2.45) is 0 Å². The van der Waals surface area contributed by atoms with Crippen molar-refractivity contribution in [3.63, 3.8) is 0 Å². The molecule has 8 nitrogen and oxygen atoms in total. The molecule has 1 N–H and O–H groups in total. The minimum atomic E-state index is -3.34. The van der Waals surface area contributed by atoms with Gasteiger partial charge >= 0.3 is 0 Å². The summed E-state index contributed by atoms with van der Waals surface area (Å²) >= 11 is 0. The Bertz CT molecular complexity index is 828. The predicted octanol–water partition coefficient (Wildman–Crippen LogP) is 0.541. The monoisotopic (exact) mass is 335 g/mol. The van der Waals surface area contributed by atoms with Gasteiger partial charge in [0.2, 0.25) is 0 Å². The molecule has 2 aromatic rings. The molecule has 2 aromatic heterocycles. The van der Waals surface area contributed by atoms with Gasteiger partial charge in [-0.05, 0) is 13.3 Å². The van der Waals surface area contributed by atoms with Crippen molar-refractivity contribution < 1.29 is 13.2 Å². The van der Waals surface area contributed by atoms with Gasteiger partial charge in [0.25, 0.3) is 5.91 Å². The van der Waals surface area contributed by atoms with Gasteiger partial charge in [0.15, 0.2) is 9.84 Å². The quantitative estimate of drug-likeness (QED) is 0.877. The van der Waals surface area contributed by atoms with Crippen molar-refractivity contribution in [2.45, 2.75) is 24.2 Å². The lowest BCUT2D eigenvalue weighted by Gasteiger charge is -2.16. The lowest BCUT2D eigenvalue weighted by molar-refractivity contribution is 0.0784. The summed E-state index contributed by atoms with van der Waals surface area (Å²) in [6, 6.07) is 0. The third-order valence-electron chi connectivity index (χ3n) is 3.92. The molecule has 1 aliphatic heterocycles. The van der Waals surface area contributed by atoms with Crippen LogP contribution in [0.4, 0.5) is 0 Å². The zero-order chi connectivity index (χ0) is 16.6. The van der Waals surface area contributed by atoms with Gasteiger partial charge in [-0.25, -0.2) is 13.4 Å². The third-order valence-corrected chi connectivity index (χ3v) is 5.04. The van der Waals surface area contributed by atoms with E-state index in [0.29, 0.717) is 30.9 Å². The number of carbonyl (C=O) groups excluding carboxylic acids is 1. The molecule has 0 spiro atoms. The lowest BCUT2D eigenvalue weighted by Crippen LogP contribution is -2.29. The highest BCUT2D eigenvalue weighted by atomic mass is 32.2. The fraction of sp³-hybridized carbons (Fsp3) is 0.429. The Balaban J connectivity index is 1.78. The Morgan fingerprint density at radius 1 is 1.30 bits per heavy atom. The molecule has 0 radical (unpaired) electrons. The first kappa shape index (κ1) is 15.6. The van der Waals surface area contributed by atoms with Gasteiger partial charge in [0, 0.05) is 31.5 Å². The number of H-pyrrole nitrogens is 1. The van der Waals surface area contributed by atoms with Crippen molar-refractivity contribution in [2.75, 3.05) is 19.3 Å². The summed E-state index contributed by atoms with van der Waals surface area (Å²) in [6.07, 6.45) is 6.16. The summed E-state index contributed by atoms with van der Waals surface area (Å²) in [5.74, 6) is -0.273. The van der Waals surface area contributed by atoms with Crippen LogP contribution in [0.1, 0.15) is 34.2 Å². The van der Waals surface area contributed by atoms with Crippen LogP contribution in [-0.2, 0) is 9.84 Å².